The molecule has 3 nitrogen and oxygen atoms in total. The van der Waals surface area contributed by atoms with Crippen molar-refractivity contribution in [3.63, 3.8) is 0 Å². The second-order valence-corrected chi connectivity index (χ2v) is 17.0. The van der Waals surface area contributed by atoms with E-state index in [0.717, 1.165) is 55.8 Å². The largest absolute Gasteiger partial charge is 0.455 e. The summed E-state index contributed by atoms with van der Waals surface area (Å²) < 4.78 is 11.6. The maximum atomic E-state index is 6.70. The van der Waals surface area contributed by atoms with Crippen LogP contribution in [0.3, 0.4) is 0 Å². The highest BCUT2D eigenvalue weighted by molar-refractivity contribution is 7.26. The van der Waals surface area contributed by atoms with Crippen LogP contribution in [-0.2, 0) is 0 Å². The number of fused-ring (bicyclic) bond motifs is 10. The SMILES string of the molecule is c1ccc(N(c2ccc3ccccc3c2)c2ccc(-c3ccccc3-n3c4ccccc4c4ccccc43)c3sc4ccccc4c23)c(-c2cccc3c2oc2ccccc23)c1. The average molecular weight is 809 g/mol. The maximum Gasteiger partial charge on any atom is 0.143 e. The van der Waals surface area contributed by atoms with Gasteiger partial charge in [0.15, 0.2) is 0 Å². The van der Waals surface area contributed by atoms with Crippen LogP contribution in [0.1, 0.15) is 0 Å². The Morgan fingerprint density at radius 1 is 0.403 bits per heavy atom. The Labute approximate surface area is 361 Å². The molecule has 13 rings (SSSR count). The molecule has 0 unspecified atom stereocenters. The zero-order chi connectivity index (χ0) is 40.7. The van der Waals surface area contributed by atoms with Gasteiger partial charge in [-0.15, -0.1) is 11.3 Å². The van der Waals surface area contributed by atoms with Gasteiger partial charge in [0.2, 0.25) is 0 Å². The second kappa shape index (κ2) is 13.8. The Kier molecular flexibility index (Phi) is 7.78. The van der Waals surface area contributed by atoms with Gasteiger partial charge >= 0.3 is 0 Å². The van der Waals surface area contributed by atoms with E-state index in [2.05, 4.69) is 222 Å². The van der Waals surface area contributed by atoms with Crippen molar-refractivity contribution < 1.29 is 4.42 Å². The molecule has 0 aliphatic heterocycles. The molecule has 0 amide bonds. The highest BCUT2D eigenvalue weighted by atomic mass is 32.1. The van der Waals surface area contributed by atoms with E-state index in [4.69, 9.17) is 4.42 Å². The molecule has 0 atom stereocenters. The molecule has 62 heavy (non-hydrogen) atoms. The molecule has 0 saturated carbocycles. The molecule has 0 spiro atoms. The van der Waals surface area contributed by atoms with Crippen LogP contribution in [-0.4, -0.2) is 4.57 Å². The van der Waals surface area contributed by atoms with Gasteiger partial charge in [-0.3, -0.25) is 0 Å². The molecule has 10 aromatic carbocycles. The number of benzene rings is 10. The fraction of sp³-hybridized carbons (Fsp3) is 0. The number of hydrogen-bond acceptors (Lipinski definition) is 3. The minimum absolute atomic E-state index is 0.891. The number of nitrogens with zero attached hydrogens (tertiary/aromatic N) is 2. The summed E-state index contributed by atoms with van der Waals surface area (Å²) in [4.78, 5) is 2.48. The number of thiophene rings is 1. The van der Waals surface area contributed by atoms with Crippen molar-refractivity contribution >= 4 is 103 Å². The third-order valence-electron chi connectivity index (χ3n) is 12.6. The van der Waals surface area contributed by atoms with Crippen molar-refractivity contribution in [1.29, 1.82) is 0 Å². The number of para-hydroxylation sites is 6. The molecule has 0 aliphatic carbocycles. The summed E-state index contributed by atoms with van der Waals surface area (Å²) >= 11 is 1.87. The number of hydrogen-bond donors (Lipinski definition) is 0. The monoisotopic (exact) mass is 808 g/mol. The third-order valence-corrected chi connectivity index (χ3v) is 13.8. The average Bonchev–Trinajstić information content (AvgIpc) is 4.02. The molecule has 0 N–H and O–H groups in total. The smallest absolute Gasteiger partial charge is 0.143 e. The van der Waals surface area contributed by atoms with Crippen LogP contribution in [0.4, 0.5) is 17.1 Å². The molecule has 0 radical (unpaired) electrons. The lowest BCUT2D eigenvalue weighted by Gasteiger charge is -2.29. The fourth-order valence-corrected chi connectivity index (χ4v) is 11.1. The lowest BCUT2D eigenvalue weighted by atomic mass is 9.96. The van der Waals surface area contributed by atoms with Crippen molar-refractivity contribution in [3.05, 3.63) is 218 Å². The predicted molar refractivity (Wildman–Crippen MR) is 264 cm³/mol. The summed E-state index contributed by atoms with van der Waals surface area (Å²) in [5, 5.41) is 9.60. The van der Waals surface area contributed by atoms with Gasteiger partial charge in [-0.05, 0) is 65.4 Å². The lowest BCUT2D eigenvalue weighted by Crippen LogP contribution is -2.12. The van der Waals surface area contributed by atoms with Crippen LogP contribution in [0.25, 0.3) is 103 Å². The number of anilines is 3. The van der Waals surface area contributed by atoms with Crippen molar-refractivity contribution in [3.8, 4) is 27.9 Å². The van der Waals surface area contributed by atoms with Crippen molar-refractivity contribution in [2.24, 2.45) is 0 Å². The third kappa shape index (κ3) is 5.24. The molecule has 0 saturated heterocycles. The molecular weight excluding hydrogens is 773 g/mol. The second-order valence-electron chi connectivity index (χ2n) is 16.0. The van der Waals surface area contributed by atoms with E-state index >= 15 is 0 Å². The quantitative estimate of drug-likeness (QED) is 0.167. The molecule has 13 aromatic rings. The van der Waals surface area contributed by atoms with Gasteiger partial charge in [-0.1, -0.05) is 164 Å². The van der Waals surface area contributed by atoms with Crippen LogP contribution >= 0.6 is 11.3 Å². The Hall–Kier alpha value is -7.92. The van der Waals surface area contributed by atoms with E-state index in [-0.39, 0.29) is 0 Å². The topological polar surface area (TPSA) is 21.3 Å². The zero-order valence-electron chi connectivity index (χ0n) is 33.5. The summed E-state index contributed by atoms with van der Waals surface area (Å²) in [5.74, 6) is 0. The first kappa shape index (κ1) is 34.9. The summed E-state index contributed by atoms with van der Waals surface area (Å²) in [5.41, 5.74) is 13.2. The summed E-state index contributed by atoms with van der Waals surface area (Å²) in [7, 11) is 0. The van der Waals surface area contributed by atoms with Gasteiger partial charge < -0.3 is 13.9 Å². The molecule has 3 heterocycles. The Morgan fingerprint density at radius 2 is 1.03 bits per heavy atom. The number of rotatable bonds is 6. The van der Waals surface area contributed by atoms with Gasteiger partial charge in [-0.2, -0.15) is 0 Å². The lowest BCUT2D eigenvalue weighted by molar-refractivity contribution is 0.670. The van der Waals surface area contributed by atoms with E-state index in [0.29, 0.717) is 0 Å². The zero-order valence-corrected chi connectivity index (χ0v) is 34.3. The molecule has 0 fully saturated rings. The standard InChI is InChI=1S/C58H36N2OS/c1-2-17-38-36-39(33-32-37(38)16-1)59(49-26-9-5-20-42(49)45-24-15-25-46-44-22-7-13-30-54(44)61-57(45)46)53-35-34-47(58-56(53)48-23-8-14-31-55(48)62-58)43-21-6-12-29-52(43)60-50-27-10-3-18-40(50)41-19-4-11-28-51(41)60/h1-36H. The van der Waals surface area contributed by atoms with Gasteiger partial charge in [0, 0.05) is 69.7 Å². The van der Waals surface area contributed by atoms with Crippen molar-refractivity contribution in [2.45, 2.75) is 0 Å². The molecular formula is C58H36N2OS. The summed E-state index contributed by atoms with van der Waals surface area (Å²) in [6.07, 6.45) is 0. The van der Waals surface area contributed by atoms with Crippen LogP contribution in [0.5, 0.6) is 0 Å². The first-order chi connectivity index (χ1) is 30.8. The Morgan fingerprint density at radius 3 is 1.87 bits per heavy atom. The summed E-state index contributed by atoms with van der Waals surface area (Å²) in [6.45, 7) is 0. The van der Waals surface area contributed by atoms with Crippen molar-refractivity contribution in [1.82, 2.24) is 4.57 Å². The number of aromatic nitrogens is 1. The minimum atomic E-state index is 0.891. The Bertz CT molecular complexity index is 3850. The van der Waals surface area contributed by atoms with E-state index in [1.54, 1.807) is 0 Å². The minimum Gasteiger partial charge on any atom is -0.455 e. The molecule has 290 valence electrons. The van der Waals surface area contributed by atoms with Gasteiger partial charge in [0.25, 0.3) is 0 Å². The highest BCUT2D eigenvalue weighted by Crippen LogP contribution is 2.51. The first-order valence-corrected chi connectivity index (χ1v) is 21.9. The van der Waals surface area contributed by atoms with Crippen LogP contribution in [0.2, 0.25) is 0 Å². The van der Waals surface area contributed by atoms with E-state index in [1.807, 2.05) is 17.4 Å². The fourth-order valence-electron chi connectivity index (χ4n) is 9.87. The van der Waals surface area contributed by atoms with E-state index in [9.17, 15) is 0 Å². The van der Waals surface area contributed by atoms with Gasteiger partial charge in [0.1, 0.15) is 11.2 Å². The van der Waals surface area contributed by atoms with Crippen LogP contribution in [0, 0.1) is 0 Å². The van der Waals surface area contributed by atoms with Gasteiger partial charge in [-0.25, -0.2) is 0 Å². The van der Waals surface area contributed by atoms with E-state index in [1.165, 1.54) is 63.9 Å². The molecule has 4 heteroatoms. The predicted octanol–water partition coefficient (Wildman–Crippen LogP) is 17.0. The van der Waals surface area contributed by atoms with Crippen molar-refractivity contribution in [2.75, 3.05) is 4.90 Å². The molecule has 0 bridgehead atoms. The highest BCUT2D eigenvalue weighted by Gasteiger charge is 2.26. The number of furan rings is 1. The normalized spacial score (nSPS) is 11.9. The van der Waals surface area contributed by atoms with Crippen LogP contribution < -0.4 is 4.90 Å². The maximum absolute atomic E-state index is 6.70. The first-order valence-electron chi connectivity index (χ1n) is 21.1. The summed E-state index contributed by atoms with van der Waals surface area (Å²) in [6, 6.07) is 79.2. The van der Waals surface area contributed by atoms with Crippen LogP contribution in [0.15, 0.2) is 223 Å². The van der Waals surface area contributed by atoms with Gasteiger partial charge in [0.05, 0.1) is 28.1 Å². The van der Waals surface area contributed by atoms with E-state index < -0.39 is 0 Å². The molecule has 3 aromatic heterocycles. The Balaban J connectivity index is 1.10. The molecule has 0 aliphatic rings.